The molecular formula is C27H30N2O4. The predicted octanol–water partition coefficient (Wildman–Crippen LogP) is 5.25. The van der Waals surface area contributed by atoms with Crippen molar-refractivity contribution in [3.63, 3.8) is 0 Å². The average Bonchev–Trinajstić information content (AvgIpc) is 2.80. The fourth-order valence-corrected chi connectivity index (χ4v) is 4.11. The topological polar surface area (TPSA) is 79.6 Å². The predicted molar refractivity (Wildman–Crippen MR) is 129 cm³/mol. The highest BCUT2D eigenvalue weighted by molar-refractivity contribution is 5.76. The summed E-state index contributed by atoms with van der Waals surface area (Å²) in [4.78, 5) is 36.9. The first-order chi connectivity index (χ1) is 15.8. The highest BCUT2D eigenvalue weighted by atomic mass is 16.4. The highest BCUT2D eigenvalue weighted by Gasteiger charge is 2.23. The molecule has 0 aliphatic heterocycles. The summed E-state index contributed by atoms with van der Waals surface area (Å²) in [5.74, 6) is 0.0672. The van der Waals surface area contributed by atoms with Gasteiger partial charge < -0.3 is 19.4 Å². The largest absolute Gasteiger partial charge is 0.465 e. The van der Waals surface area contributed by atoms with E-state index in [2.05, 4.69) is 0 Å². The Bertz CT molecular complexity index is 1150. The van der Waals surface area contributed by atoms with Crippen molar-refractivity contribution in [2.45, 2.75) is 38.6 Å². The van der Waals surface area contributed by atoms with Gasteiger partial charge >= 0.3 is 6.09 Å². The molecule has 6 nitrogen and oxygen atoms in total. The van der Waals surface area contributed by atoms with Crippen molar-refractivity contribution in [1.82, 2.24) is 9.47 Å². The number of hydrogen-bond acceptors (Lipinski definition) is 3. The SMILES string of the molecule is CC(=O)C[C@@H](CCN(C(=O)O)[C@@H](C)c1ccc(-c2ccc(=O)n(C)c2)cc1)c1ccccc1. The number of ketones is 1. The van der Waals surface area contributed by atoms with Crippen LogP contribution in [-0.4, -0.2) is 33.0 Å². The fraction of sp³-hybridized carbons (Fsp3) is 0.296. The molecule has 33 heavy (non-hydrogen) atoms. The fourth-order valence-electron chi connectivity index (χ4n) is 4.11. The van der Waals surface area contributed by atoms with Gasteiger partial charge in [-0.15, -0.1) is 0 Å². The molecule has 0 fully saturated rings. The Hall–Kier alpha value is -3.67. The summed E-state index contributed by atoms with van der Waals surface area (Å²) in [5, 5.41) is 9.89. The molecule has 1 heterocycles. The number of aryl methyl sites for hydroxylation is 1. The third kappa shape index (κ3) is 6.19. The van der Waals surface area contributed by atoms with Crippen LogP contribution in [0.15, 0.2) is 77.7 Å². The van der Waals surface area contributed by atoms with Crippen LogP contribution in [-0.2, 0) is 11.8 Å². The van der Waals surface area contributed by atoms with Crippen LogP contribution in [0.25, 0.3) is 11.1 Å². The lowest BCUT2D eigenvalue weighted by Gasteiger charge is -2.29. The number of carbonyl (C=O) groups excluding carboxylic acids is 1. The van der Waals surface area contributed by atoms with Crippen LogP contribution in [0.5, 0.6) is 0 Å². The monoisotopic (exact) mass is 446 g/mol. The second-order valence-corrected chi connectivity index (χ2v) is 8.44. The van der Waals surface area contributed by atoms with Crippen LogP contribution in [0.1, 0.15) is 49.8 Å². The highest BCUT2D eigenvalue weighted by Crippen LogP contribution is 2.28. The third-order valence-electron chi connectivity index (χ3n) is 6.05. The van der Waals surface area contributed by atoms with Gasteiger partial charge in [0.15, 0.2) is 0 Å². The number of pyridine rings is 1. The molecule has 0 saturated heterocycles. The normalized spacial score (nSPS) is 12.7. The Morgan fingerprint density at radius 3 is 2.15 bits per heavy atom. The molecular weight excluding hydrogens is 416 g/mol. The second-order valence-electron chi connectivity index (χ2n) is 8.44. The van der Waals surface area contributed by atoms with E-state index in [1.54, 1.807) is 26.2 Å². The lowest BCUT2D eigenvalue weighted by Crippen LogP contribution is -2.34. The molecule has 172 valence electrons. The molecule has 0 bridgehead atoms. The molecule has 1 amide bonds. The molecule has 0 aliphatic rings. The number of rotatable bonds is 9. The molecule has 2 aromatic carbocycles. The Labute approximate surface area is 194 Å². The zero-order valence-corrected chi connectivity index (χ0v) is 19.3. The minimum atomic E-state index is -0.987. The van der Waals surface area contributed by atoms with E-state index in [-0.39, 0.29) is 23.3 Å². The minimum absolute atomic E-state index is 0.0233. The van der Waals surface area contributed by atoms with Gasteiger partial charge in [-0.05, 0) is 54.5 Å². The average molecular weight is 447 g/mol. The molecule has 1 aromatic heterocycles. The number of aromatic nitrogens is 1. The zero-order chi connectivity index (χ0) is 24.0. The number of Topliss-reactive ketones (excluding diaryl/α,β-unsaturated/α-hetero) is 1. The van der Waals surface area contributed by atoms with Crippen LogP contribution in [0, 0.1) is 0 Å². The lowest BCUT2D eigenvalue weighted by atomic mass is 9.90. The first kappa shape index (κ1) is 24.0. The zero-order valence-electron chi connectivity index (χ0n) is 19.3. The molecule has 3 rings (SSSR count). The summed E-state index contributed by atoms with van der Waals surface area (Å²) in [6, 6.07) is 20.5. The van der Waals surface area contributed by atoms with E-state index >= 15 is 0 Å². The van der Waals surface area contributed by atoms with Crippen LogP contribution >= 0.6 is 0 Å². The first-order valence-corrected chi connectivity index (χ1v) is 11.1. The van der Waals surface area contributed by atoms with Crippen molar-refractivity contribution in [2.24, 2.45) is 7.05 Å². The summed E-state index contributed by atoms with van der Waals surface area (Å²) in [6.07, 6.45) is 1.75. The smallest absolute Gasteiger partial charge is 0.407 e. The van der Waals surface area contributed by atoms with Crippen molar-refractivity contribution in [1.29, 1.82) is 0 Å². The molecule has 0 aliphatic carbocycles. The maximum absolute atomic E-state index is 12.1. The molecule has 0 radical (unpaired) electrons. The number of hydrogen-bond donors (Lipinski definition) is 1. The van der Waals surface area contributed by atoms with E-state index in [0.717, 1.165) is 22.3 Å². The quantitative estimate of drug-likeness (QED) is 0.487. The van der Waals surface area contributed by atoms with Gasteiger partial charge in [-0.25, -0.2) is 4.79 Å². The Balaban J connectivity index is 1.75. The standard InChI is InChI=1S/C27H30N2O4/c1-19(30)17-24(22-7-5-4-6-8-22)15-16-29(27(32)33)20(2)21-9-11-23(12-10-21)25-13-14-26(31)28(3)18-25/h4-14,18,20,24H,15-17H2,1-3H3,(H,32,33)/t20-,24+/m0/s1. The van der Waals surface area contributed by atoms with Gasteiger partial charge in [0.25, 0.3) is 0 Å². The number of amides is 1. The van der Waals surface area contributed by atoms with E-state index in [4.69, 9.17) is 0 Å². The van der Waals surface area contributed by atoms with Gasteiger partial charge in [0.2, 0.25) is 5.56 Å². The van der Waals surface area contributed by atoms with Crippen molar-refractivity contribution in [3.8, 4) is 11.1 Å². The summed E-state index contributed by atoms with van der Waals surface area (Å²) < 4.78 is 1.53. The van der Waals surface area contributed by atoms with Crippen molar-refractivity contribution < 1.29 is 14.7 Å². The number of benzene rings is 2. The Morgan fingerprint density at radius 2 is 1.58 bits per heavy atom. The Kier molecular flexibility index (Phi) is 7.83. The molecule has 6 heteroatoms. The van der Waals surface area contributed by atoms with Gasteiger partial charge in [-0.1, -0.05) is 54.6 Å². The van der Waals surface area contributed by atoms with Gasteiger partial charge in [0, 0.05) is 32.3 Å². The van der Waals surface area contributed by atoms with Gasteiger partial charge in [-0.3, -0.25) is 4.79 Å². The van der Waals surface area contributed by atoms with Crippen LogP contribution in [0.3, 0.4) is 0 Å². The molecule has 1 N–H and O–H groups in total. The van der Waals surface area contributed by atoms with Crippen LogP contribution < -0.4 is 5.56 Å². The summed E-state index contributed by atoms with van der Waals surface area (Å²) in [5.41, 5.74) is 3.73. The van der Waals surface area contributed by atoms with Crippen LogP contribution in [0.4, 0.5) is 4.79 Å². The summed E-state index contributed by atoms with van der Waals surface area (Å²) in [7, 11) is 1.71. The number of carbonyl (C=O) groups is 2. The maximum Gasteiger partial charge on any atom is 0.407 e. The number of carboxylic acid groups (broad SMARTS) is 1. The molecule has 3 aromatic rings. The van der Waals surface area contributed by atoms with Crippen molar-refractivity contribution in [3.05, 3.63) is 94.4 Å². The van der Waals surface area contributed by atoms with Crippen LogP contribution in [0.2, 0.25) is 0 Å². The van der Waals surface area contributed by atoms with Gasteiger partial charge in [0.05, 0.1) is 6.04 Å². The summed E-state index contributed by atoms with van der Waals surface area (Å²) >= 11 is 0. The maximum atomic E-state index is 12.1. The summed E-state index contributed by atoms with van der Waals surface area (Å²) in [6.45, 7) is 3.77. The van der Waals surface area contributed by atoms with E-state index in [9.17, 15) is 19.5 Å². The van der Waals surface area contributed by atoms with E-state index in [1.807, 2.05) is 61.5 Å². The third-order valence-corrected chi connectivity index (χ3v) is 6.05. The van der Waals surface area contributed by atoms with Crippen molar-refractivity contribution in [2.75, 3.05) is 6.54 Å². The molecule has 2 atom stereocenters. The molecule has 0 saturated carbocycles. The Morgan fingerprint density at radius 1 is 0.939 bits per heavy atom. The van der Waals surface area contributed by atoms with Gasteiger partial charge in [0.1, 0.15) is 5.78 Å². The molecule has 0 unspecified atom stereocenters. The minimum Gasteiger partial charge on any atom is -0.465 e. The second kappa shape index (κ2) is 10.8. The van der Waals surface area contributed by atoms with Gasteiger partial charge in [-0.2, -0.15) is 0 Å². The van der Waals surface area contributed by atoms with E-state index in [0.29, 0.717) is 19.4 Å². The van der Waals surface area contributed by atoms with Crippen molar-refractivity contribution >= 4 is 11.9 Å². The lowest BCUT2D eigenvalue weighted by molar-refractivity contribution is -0.117. The number of nitrogens with zero attached hydrogens (tertiary/aromatic N) is 2. The van der Waals surface area contributed by atoms with E-state index in [1.165, 1.54) is 15.5 Å². The van der Waals surface area contributed by atoms with E-state index < -0.39 is 6.09 Å². The molecule has 0 spiro atoms. The first-order valence-electron chi connectivity index (χ1n) is 11.1.